The van der Waals surface area contributed by atoms with Gasteiger partial charge in [0.15, 0.2) is 0 Å². The predicted octanol–water partition coefficient (Wildman–Crippen LogP) is 2.88. The monoisotopic (exact) mass is 268 g/mol. The Balaban J connectivity index is 2.25. The maximum Gasteiger partial charge on any atom is 0.228 e. The standard InChI is InChI=1S/C17H20N2O/c1-14-6-5-7-15(12-14)13-19(17(20)10-11-18)16-8-3-2-4-9-16/h2-9,12H,10-11,13,18H2,1H3. The van der Waals surface area contributed by atoms with Crippen LogP contribution in [-0.4, -0.2) is 12.5 Å². The fourth-order valence-electron chi connectivity index (χ4n) is 2.18. The molecule has 0 spiro atoms. The van der Waals surface area contributed by atoms with E-state index in [1.54, 1.807) is 4.90 Å². The third kappa shape index (κ3) is 3.68. The maximum atomic E-state index is 12.3. The molecule has 0 saturated carbocycles. The first-order chi connectivity index (χ1) is 9.70. The van der Waals surface area contributed by atoms with E-state index in [0.717, 1.165) is 11.3 Å². The van der Waals surface area contributed by atoms with Crippen molar-refractivity contribution in [1.82, 2.24) is 0 Å². The Labute approximate surface area is 120 Å². The molecule has 2 aromatic carbocycles. The van der Waals surface area contributed by atoms with Crippen LogP contribution in [0.15, 0.2) is 54.6 Å². The predicted molar refractivity (Wildman–Crippen MR) is 82.5 cm³/mol. The Kier molecular flexibility index (Phi) is 4.91. The molecule has 0 unspecified atom stereocenters. The zero-order chi connectivity index (χ0) is 14.4. The zero-order valence-corrected chi connectivity index (χ0v) is 11.8. The maximum absolute atomic E-state index is 12.3. The van der Waals surface area contributed by atoms with E-state index in [1.807, 2.05) is 42.5 Å². The highest BCUT2D eigenvalue weighted by Gasteiger charge is 2.15. The van der Waals surface area contributed by atoms with Crippen LogP contribution in [0.2, 0.25) is 0 Å². The van der Waals surface area contributed by atoms with E-state index in [1.165, 1.54) is 5.56 Å². The zero-order valence-electron chi connectivity index (χ0n) is 11.8. The molecule has 0 aliphatic carbocycles. The highest BCUT2D eigenvalue weighted by Crippen LogP contribution is 2.18. The summed E-state index contributed by atoms with van der Waals surface area (Å²) in [6, 6.07) is 17.9. The lowest BCUT2D eigenvalue weighted by atomic mass is 10.1. The van der Waals surface area contributed by atoms with Gasteiger partial charge in [0.1, 0.15) is 0 Å². The topological polar surface area (TPSA) is 46.3 Å². The first-order valence-corrected chi connectivity index (χ1v) is 6.81. The molecule has 20 heavy (non-hydrogen) atoms. The van der Waals surface area contributed by atoms with Gasteiger partial charge in [-0.1, -0.05) is 48.0 Å². The van der Waals surface area contributed by atoms with Crippen LogP contribution in [0.5, 0.6) is 0 Å². The van der Waals surface area contributed by atoms with Gasteiger partial charge in [0.25, 0.3) is 0 Å². The largest absolute Gasteiger partial charge is 0.330 e. The van der Waals surface area contributed by atoms with Crippen LogP contribution in [-0.2, 0) is 11.3 Å². The molecule has 2 aromatic rings. The van der Waals surface area contributed by atoms with Gasteiger partial charge in [0.2, 0.25) is 5.91 Å². The lowest BCUT2D eigenvalue weighted by Crippen LogP contribution is -2.31. The molecule has 0 aromatic heterocycles. The van der Waals surface area contributed by atoms with Gasteiger partial charge in [0.05, 0.1) is 6.54 Å². The smallest absolute Gasteiger partial charge is 0.228 e. The Morgan fingerprint density at radius 1 is 1.10 bits per heavy atom. The van der Waals surface area contributed by atoms with E-state index in [4.69, 9.17) is 5.73 Å². The van der Waals surface area contributed by atoms with Crippen LogP contribution in [0.1, 0.15) is 17.5 Å². The fraction of sp³-hybridized carbons (Fsp3) is 0.235. The number of aryl methyl sites for hydroxylation is 1. The van der Waals surface area contributed by atoms with Crippen molar-refractivity contribution in [3.63, 3.8) is 0 Å². The summed E-state index contributed by atoms with van der Waals surface area (Å²) in [6.07, 6.45) is 0.362. The molecule has 0 bridgehead atoms. The summed E-state index contributed by atoms with van der Waals surface area (Å²) in [6.45, 7) is 3.00. The lowest BCUT2D eigenvalue weighted by molar-refractivity contribution is -0.118. The molecule has 104 valence electrons. The second-order valence-corrected chi connectivity index (χ2v) is 4.84. The van der Waals surface area contributed by atoms with E-state index in [0.29, 0.717) is 19.5 Å². The number of carbonyl (C=O) groups is 1. The highest BCUT2D eigenvalue weighted by atomic mass is 16.2. The third-order valence-electron chi connectivity index (χ3n) is 3.15. The van der Waals surface area contributed by atoms with Crippen LogP contribution in [0, 0.1) is 6.92 Å². The van der Waals surface area contributed by atoms with Gasteiger partial charge < -0.3 is 10.6 Å². The minimum atomic E-state index is 0.0557. The van der Waals surface area contributed by atoms with E-state index < -0.39 is 0 Å². The first kappa shape index (κ1) is 14.3. The number of hydrogen-bond donors (Lipinski definition) is 1. The summed E-state index contributed by atoms with van der Waals surface area (Å²) in [5, 5.41) is 0. The van der Waals surface area contributed by atoms with E-state index in [9.17, 15) is 4.79 Å². The Morgan fingerprint density at radius 2 is 1.85 bits per heavy atom. The molecule has 0 radical (unpaired) electrons. The SMILES string of the molecule is Cc1cccc(CN(C(=O)CCN)c2ccccc2)c1. The van der Waals surface area contributed by atoms with E-state index in [-0.39, 0.29) is 5.91 Å². The van der Waals surface area contributed by atoms with Gasteiger partial charge in [-0.05, 0) is 24.6 Å². The molecule has 3 heteroatoms. The minimum Gasteiger partial charge on any atom is -0.330 e. The molecule has 0 saturated heterocycles. The third-order valence-corrected chi connectivity index (χ3v) is 3.15. The molecule has 0 heterocycles. The minimum absolute atomic E-state index is 0.0557. The second kappa shape index (κ2) is 6.87. The van der Waals surface area contributed by atoms with Gasteiger partial charge in [-0.25, -0.2) is 0 Å². The van der Waals surface area contributed by atoms with E-state index in [2.05, 4.69) is 19.1 Å². The average Bonchev–Trinajstić information content (AvgIpc) is 2.46. The quantitative estimate of drug-likeness (QED) is 0.906. The number of para-hydroxylation sites is 1. The highest BCUT2D eigenvalue weighted by molar-refractivity contribution is 5.93. The van der Waals surface area contributed by atoms with Crippen molar-refractivity contribution in [3.05, 3.63) is 65.7 Å². The molecule has 0 atom stereocenters. The molecular formula is C17H20N2O. The van der Waals surface area contributed by atoms with Crippen molar-refractivity contribution in [2.45, 2.75) is 19.9 Å². The van der Waals surface area contributed by atoms with Crippen molar-refractivity contribution in [1.29, 1.82) is 0 Å². The number of rotatable bonds is 5. The average molecular weight is 268 g/mol. The van der Waals surface area contributed by atoms with Crippen molar-refractivity contribution in [2.24, 2.45) is 5.73 Å². The van der Waals surface area contributed by atoms with Gasteiger partial charge in [0, 0.05) is 18.7 Å². The number of benzene rings is 2. The molecule has 1 amide bonds. The van der Waals surface area contributed by atoms with Crippen molar-refractivity contribution in [2.75, 3.05) is 11.4 Å². The second-order valence-electron chi connectivity index (χ2n) is 4.84. The molecule has 2 rings (SSSR count). The van der Waals surface area contributed by atoms with Crippen LogP contribution >= 0.6 is 0 Å². The number of carbonyl (C=O) groups excluding carboxylic acids is 1. The molecule has 0 aliphatic rings. The van der Waals surface area contributed by atoms with Crippen LogP contribution < -0.4 is 10.6 Å². The first-order valence-electron chi connectivity index (χ1n) is 6.81. The number of nitrogens with two attached hydrogens (primary N) is 1. The summed E-state index contributed by atoms with van der Waals surface area (Å²) >= 11 is 0. The Hall–Kier alpha value is -2.13. The Bertz CT molecular complexity index is 566. The van der Waals surface area contributed by atoms with Gasteiger partial charge in [-0.3, -0.25) is 4.79 Å². The van der Waals surface area contributed by atoms with Crippen LogP contribution in [0.25, 0.3) is 0 Å². The van der Waals surface area contributed by atoms with Crippen LogP contribution in [0.3, 0.4) is 0 Å². The normalized spacial score (nSPS) is 10.3. The molecule has 0 fully saturated rings. The molecule has 0 aliphatic heterocycles. The van der Waals surface area contributed by atoms with Crippen molar-refractivity contribution in [3.8, 4) is 0 Å². The molecular weight excluding hydrogens is 248 g/mol. The number of nitrogens with zero attached hydrogens (tertiary/aromatic N) is 1. The van der Waals surface area contributed by atoms with Gasteiger partial charge >= 0.3 is 0 Å². The van der Waals surface area contributed by atoms with Crippen molar-refractivity contribution < 1.29 is 4.79 Å². The summed E-state index contributed by atoms with van der Waals surface area (Å²) in [5.74, 6) is 0.0557. The van der Waals surface area contributed by atoms with Gasteiger partial charge in [-0.2, -0.15) is 0 Å². The number of hydrogen-bond acceptors (Lipinski definition) is 2. The van der Waals surface area contributed by atoms with Crippen LogP contribution in [0.4, 0.5) is 5.69 Å². The lowest BCUT2D eigenvalue weighted by Gasteiger charge is -2.23. The summed E-state index contributed by atoms with van der Waals surface area (Å²) in [7, 11) is 0. The van der Waals surface area contributed by atoms with Crippen molar-refractivity contribution >= 4 is 11.6 Å². The summed E-state index contributed by atoms with van der Waals surface area (Å²) in [4.78, 5) is 14.1. The number of amides is 1. The van der Waals surface area contributed by atoms with Gasteiger partial charge in [-0.15, -0.1) is 0 Å². The molecule has 3 nitrogen and oxygen atoms in total. The van der Waals surface area contributed by atoms with E-state index >= 15 is 0 Å². The fourth-order valence-corrected chi connectivity index (χ4v) is 2.18. The number of anilines is 1. The Morgan fingerprint density at radius 3 is 2.50 bits per heavy atom. The summed E-state index contributed by atoms with van der Waals surface area (Å²) in [5.41, 5.74) is 8.75. The molecule has 2 N–H and O–H groups in total. The summed E-state index contributed by atoms with van der Waals surface area (Å²) < 4.78 is 0.